The largest absolute Gasteiger partial charge is 0.493 e. The van der Waals surface area contributed by atoms with Gasteiger partial charge in [0.05, 0.1) is 13.0 Å². The number of rotatable bonds is 4. The lowest BCUT2D eigenvalue weighted by molar-refractivity contribution is -0.133. The highest BCUT2D eigenvalue weighted by Gasteiger charge is 2.19. The monoisotopic (exact) mass is 325 g/mol. The highest BCUT2D eigenvalue weighted by atomic mass is 79.9. The lowest BCUT2D eigenvalue weighted by Crippen LogP contribution is -2.38. The maximum Gasteiger partial charge on any atom is 0.225 e. The topological polar surface area (TPSA) is 29.5 Å². The maximum atomic E-state index is 12.0. The summed E-state index contributed by atoms with van der Waals surface area (Å²) in [6.07, 6.45) is 2.71. The number of amides is 1. The molecule has 1 heterocycles. The van der Waals surface area contributed by atoms with Gasteiger partial charge in [-0.2, -0.15) is 0 Å². The van der Waals surface area contributed by atoms with Gasteiger partial charge in [0.25, 0.3) is 0 Å². The lowest BCUT2D eigenvalue weighted by Gasteiger charge is -2.30. The van der Waals surface area contributed by atoms with Gasteiger partial charge in [-0.25, -0.2) is 0 Å². The Morgan fingerprint density at radius 1 is 1.42 bits per heavy atom. The van der Waals surface area contributed by atoms with Gasteiger partial charge < -0.3 is 9.64 Å². The molecule has 0 aliphatic carbocycles. The number of piperidine rings is 1. The number of hydrogen-bond acceptors (Lipinski definition) is 2. The molecule has 0 radical (unpaired) electrons. The third-order valence-electron chi connectivity index (χ3n) is 3.52. The van der Waals surface area contributed by atoms with Crippen LogP contribution in [0.3, 0.4) is 0 Å². The Morgan fingerprint density at radius 2 is 2.16 bits per heavy atom. The molecule has 0 N–H and O–H groups in total. The van der Waals surface area contributed by atoms with E-state index in [1.54, 1.807) is 0 Å². The standard InChI is InChI=1S/C15H20BrNO2/c1-12-5-8-17(9-6-12)15(18)7-10-19-14-4-2-3-13(16)11-14/h2-4,11-12H,5-10H2,1H3. The Morgan fingerprint density at radius 3 is 2.84 bits per heavy atom. The second-order valence-corrected chi connectivity index (χ2v) is 6.03. The molecule has 1 fully saturated rings. The van der Waals surface area contributed by atoms with Crippen LogP contribution in [0.5, 0.6) is 5.75 Å². The number of likely N-dealkylation sites (tertiary alicyclic amines) is 1. The molecule has 3 nitrogen and oxygen atoms in total. The highest BCUT2D eigenvalue weighted by molar-refractivity contribution is 9.10. The predicted molar refractivity (Wildman–Crippen MR) is 79.2 cm³/mol. The molecule has 19 heavy (non-hydrogen) atoms. The Kier molecular flexibility index (Phi) is 5.25. The van der Waals surface area contributed by atoms with Crippen LogP contribution in [0.2, 0.25) is 0 Å². The summed E-state index contributed by atoms with van der Waals surface area (Å²) in [5.74, 6) is 1.76. The van der Waals surface area contributed by atoms with Crippen LogP contribution in [0.15, 0.2) is 28.7 Å². The molecule has 2 rings (SSSR count). The predicted octanol–water partition coefficient (Wildman–Crippen LogP) is 3.48. The molecule has 0 atom stereocenters. The summed E-state index contributed by atoms with van der Waals surface area (Å²) in [4.78, 5) is 14.0. The Labute approximate surface area is 123 Å². The van der Waals surface area contributed by atoms with Gasteiger partial charge in [-0.3, -0.25) is 4.79 Å². The number of halogens is 1. The molecule has 1 aromatic carbocycles. The first-order valence-corrected chi connectivity index (χ1v) is 7.60. The molecule has 0 bridgehead atoms. The van der Waals surface area contributed by atoms with Crippen molar-refractivity contribution in [2.75, 3.05) is 19.7 Å². The SMILES string of the molecule is CC1CCN(C(=O)CCOc2cccc(Br)c2)CC1. The third kappa shape index (κ3) is 4.53. The van der Waals surface area contributed by atoms with Gasteiger partial charge in [0, 0.05) is 17.6 Å². The van der Waals surface area contributed by atoms with Crippen LogP contribution in [0, 0.1) is 5.92 Å². The average molecular weight is 326 g/mol. The van der Waals surface area contributed by atoms with Gasteiger partial charge in [-0.15, -0.1) is 0 Å². The molecule has 1 amide bonds. The number of benzene rings is 1. The first-order valence-electron chi connectivity index (χ1n) is 6.81. The second kappa shape index (κ2) is 6.94. The van der Waals surface area contributed by atoms with Gasteiger partial charge in [0.2, 0.25) is 5.91 Å². The van der Waals surface area contributed by atoms with Crippen LogP contribution >= 0.6 is 15.9 Å². The first kappa shape index (κ1) is 14.4. The van der Waals surface area contributed by atoms with Crippen LogP contribution in [0.1, 0.15) is 26.2 Å². The van der Waals surface area contributed by atoms with Crippen molar-refractivity contribution in [3.63, 3.8) is 0 Å². The zero-order chi connectivity index (χ0) is 13.7. The van der Waals surface area contributed by atoms with E-state index in [2.05, 4.69) is 22.9 Å². The zero-order valence-electron chi connectivity index (χ0n) is 11.3. The summed E-state index contributed by atoms with van der Waals surface area (Å²) < 4.78 is 6.58. The molecule has 1 aliphatic heterocycles. The van der Waals surface area contributed by atoms with E-state index in [0.717, 1.165) is 42.1 Å². The fourth-order valence-corrected chi connectivity index (χ4v) is 2.61. The number of ether oxygens (including phenoxy) is 1. The second-order valence-electron chi connectivity index (χ2n) is 5.12. The third-order valence-corrected chi connectivity index (χ3v) is 4.01. The van der Waals surface area contributed by atoms with Gasteiger partial charge in [0.1, 0.15) is 5.75 Å². The molecule has 104 valence electrons. The minimum Gasteiger partial charge on any atom is -0.493 e. The minimum absolute atomic E-state index is 0.210. The molecule has 0 spiro atoms. The van der Waals surface area contributed by atoms with E-state index in [0.29, 0.717) is 13.0 Å². The summed E-state index contributed by atoms with van der Waals surface area (Å²) in [5, 5.41) is 0. The minimum atomic E-state index is 0.210. The summed E-state index contributed by atoms with van der Waals surface area (Å²) in [7, 11) is 0. The molecule has 1 aromatic rings. The van der Waals surface area contributed by atoms with E-state index in [4.69, 9.17) is 4.74 Å². The number of carbonyl (C=O) groups is 1. The summed E-state index contributed by atoms with van der Waals surface area (Å²) in [6.45, 7) is 4.49. The van der Waals surface area contributed by atoms with E-state index in [1.807, 2.05) is 29.2 Å². The van der Waals surface area contributed by atoms with Crippen molar-refractivity contribution < 1.29 is 9.53 Å². The van der Waals surface area contributed by atoms with Gasteiger partial charge in [-0.05, 0) is 37.0 Å². The van der Waals surface area contributed by atoms with Crippen molar-refractivity contribution >= 4 is 21.8 Å². The van der Waals surface area contributed by atoms with E-state index in [9.17, 15) is 4.79 Å². The number of hydrogen-bond donors (Lipinski definition) is 0. The van der Waals surface area contributed by atoms with Crippen LogP contribution in [0.25, 0.3) is 0 Å². The normalized spacial score (nSPS) is 16.4. The number of nitrogens with zero attached hydrogens (tertiary/aromatic N) is 1. The van der Waals surface area contributed by atoms with Crippen molar-refractivity contribution in [2.45, 2.75) is 26.2 Å². The van der Waals surface area contributed by atoms with Crippen LogP contribution in [0.4, 0.5) is 0 Å². The van der Waals surface area contributed by atoms with Crippen LogP contribution < -0.4 is 4.74 Å². The van der Waals surface area contributed by atoms with Gasteiger partial charge >= 0.3 is 0 Å². The summed E-state index contributed by atoms with van der Waals surface area (Å²) in [6, 6.07) is 7.69. The van der Waals surface area contributed by atoms with Crippen LogP contribution in [-0.2, 0) is 4.79 Å². The van der Waals surface area contributed by atoms with E-state index in [-0.39, 0.29) is 5.91 Å². The molecular weight excluding hydrogens is 306 g/mol. The Hall–Kier alpha value is -1.03. The van der Waals surface area contributed by atoms with E-state index >= 15 is 0 Å². The van der Waals surface area contributed by atoms with Gasteiger partial charge in [0.15, 0.2) is 0 Å². The Bertz CT molecular complexity index is 428. The summed E-state index contributed by atoms with van der Waals surface area (Å²) in [5.41, 5.74) is 0. The fourth-order valence-electron chi connectivity index (χ4n) is 2.23. The van der Waals surface area contributed by atoms with Crippen molar-refractivity contribution in [3.8, 4) is 5.75 Å². The van der Waals surface area contributed by atoms with Crippen molar-refractivity contribution in [3.05, 3.63) is 28.7 Å². The van der Waals surface area contributed by atoms with E-state index < -0.39 is 0 Å². The zero-order valence-corrected chi connectivity index (χ0v) is 12.9. The fraction of sp³-hybridized carbons (Fsp3) is 0.533. The molecular formula is C15H20BrNO2. The van der Waals surface area contributed by atoms with Gasteiger partial charge in [-0.1, -0.05) is 28.9 Å². The highest BCUT2D eigenvalue weighted by Crippen LogP contribution is 2.19. The molecule has 0 aromatic heterocycles. The first-order chi connectivity index (χ1) is 9.15. The van der Waals surface area contributed by atoms with Crippen molar-refractivity contribution in [2.24, 2.45) is 5.92 Å². The maximum absolute atomic E-state index is 12.0. The molecule has 0 unspecified atom stereocenters. The number of carbonyl (C=O) groups excluding carboxylic acids is 1. The molecule has 0 saturated carbocycles. The molecule has 1 aliphatic rings. The average Bonchev–Trinajstić information content (AvgIpc) is 2.39. The molecule has 4 heteroatoms. The smallest absolute Gasteiger partial charge is 0.225 e. The quantitative estimate of drug-likeness (QED) is 0.848. The van der Waals surface area contributed by atoms with E-state index in [1.165, 1.54) is 0 Å². The molecule has 1 saturated heterocycles. The van der Waals surface area contributed by atoms with Crippen molar-refractivity contribution in [1.82, 2.24) is 4.90 Å². The Balaban J connectivity index is 1.72. The van der Waals surface area contributed by atoms with Crippen molar-refractivity contribution in [1.29, 1.82) is 0 Å². The summed E-state index contributed by atoms with van der Waals surface area (Å²) >= 11 is 3.40. The van der Waals surface area contributed by atoms with Crippen LogP contribution in [-0.4, -0.2) is 30.5 Å². The lowest BCUT2D eigenvalue weighted by atomic mass is 9.99.